The molecular weight excluding hydrogens is 398 g/mol. The number of hydrogen-bond donors (Lipinski definition) is 1. The van der Waals surface area contributed by atoms with Gasteiger partial charge in [-0.3, -0.25) is 4.79 Å². The number of carbonyl (C=O) groups excluding carboxylic acids is 1. The SMILES string of the molecule is Cl.NCCc1nc(C(=O)N(Cc2ccc3c(c2)OCO3)C2CCCCC2)cs1. The Kier molecular flexibility index (Phi) is 7.15. The van der Waals surface area contributed by atoms with Crippen molar-refractivity contribution in [2.45, 2.75) is 51.1 Å². The first kappa shape index (κ1) is 20.9. The van der Waals surface area contributed by atoms with Crippen LogP contribution in [0.1, 0.15) is 53.2 Å². The first-order valence-corrected chi connectivity index (χ1v) is 10.5. The quantitative estimate of drug-likeness (QED) is 0.765. The molecule has 2 heterocycles. The van der Waals surface area contributed by atoms with Crippen LogP contribution in [0.2, 0.25) is 0 Å². The Morgan fingerprint density at radius 2 is 2.00 bits per heavy atom. The van der Waals surface area contributed by atoms with E-state index in [2.05, 4.69) is 4.98 Å². The van der Waals surface area contributed by atoms with Crippen LogP contribution < -0.4 is 15.2 Å². The summed E-state index contributed by atoms with van der Waals surface area (Å²) in [5.41, 5.74) is 7.21. The number of carbonyl (C=O) groups is 1. The summed E-state index contributed by atoms with van der Waals surface area (Å²) >= 11 is 1.51. The third kappa shape index (κ3) is 4.59. The fourth-order valence-electron chi connectivity index (χ4n) is 3.79. The highest BCUT2D eigenvalue weighted by Crippen LogP contribution is 2.34. The fraction of sp³-hybridized carbons (Fsp3) is 0.500. The van der Waals surface area contributed by atoms with Crippen molar-refractivity contribution in [2.24, 2.45) is 5.73 Å². The predicted octanol–water partition coefficient (Wildman–Crippen LogP) is 3.77. The number of nitrogens with two attached hydrogens (primary N) is 1. The van der Waals surface area contributed by atoms with Crippen LogP contribution in [-0.2, 0) is 13.0 Å². The fourth-order valence-corrected chi connectivity index (χ4v) is 4.58. The van der Waals surface area contributed by atoms with Crippen molar-refractivity contribution in [3.05, 3.63) is 39.8 Å². The van der Waals surface area contributed by atoms with E-state index in [1.165, 1.54) is 30.6 Å². The minimum Gasteiger partial charge on any atom is -0.454 e. The van der Waals surface area contributed by atoms with Gasteiger partial charge in [0.15, 0.2) is 11.5 Å². The third-order valence-corrected chi connectivity index (χ3v) is 6.10. The van der Waals surface area contributed by atoms with Gasteiger partial charge < -0.3 is 20.1 Å². The number of thiazole rings is 1. The molecule has 152 valence electrons. The Balaban J connectivity index is 0.00000225. The molecule has 28 heavy (non-hydrogen) atoms. The molecule has 1 fully saturated rings. The molecule has 1 aliphatic heterocycles. The van der Waals surface area contributed by atoms with Gasteiger partial charge in [0, 0.05) is 24.4 Å². The highest BCUT2D eigenvalue weighted by Gasteiger charge is 2.28. The first-order valence-electron chi connectivity index (χ1n) is 9.58. The van der Waals surface area contributed by atoms with Crippen LogP contribution in [0.5, 0.6) is 11.5 Å². The van der Waals surface area contributed by atoms with Gasteiger partial charge in [0.1, 0.15) is 5.69 Å². The molecule has 2 aromatic rings. The van der Waals surface area contributed by atoms with E-state index in [0.29, 0.717) is 25.2 Å². The molecule has 0 saturated heterocycles. The number of benzene rings is 1. The Labute approximate surface area is 175 Å². The molecule has 6 nitrogen and oxygen atoms in total. The smallest absolute Gasteiger partial charge is 0.273 e. The molecule has 1 saturated carbocycles. The zero-order chi connectivity index (χ0) is 18.6. The normalized spacial score (nSPS) is 15.9. The van der Waals surface area contributed by atoms with Gasteiger partial charge in [-0.25, -0.2) is 4.98 Å². The Hall–Kier alpha value is -1.83. The molecule has 0 radical (unpaired) electrons. The maximum absolute atomic E-state index is 13.3. The lowest BCUT2D eigenvalue weighted by molar-refractivity contribution is 0.0608. The topological polar surface area (TPSA) is 77.7 Å². The van der Waals surface area contributed by atoms with Gasteiger partial charge in [-0.2, -0.15) is 0 Å². The second kappa shape index (κ2) is 9.58. The first-order chi connectivity index (χ1) is 13.2. The van der Waals surface area contributed by atoms with E-state index < -0.39 is 0 Å². The van der Waals surface area contributed by atoms with Crippen molar-refractivity contribution >= 4 is 29.7 Å². The van der Waals surface area contributed by atoms with E-state index in [-0.39, 0.29) is 31.1 Å². The molecule has 4 rings (SSSR count). The van der Waals surface area contributed by atoms with E-state index >= 15 is 0 Å². The summed E-state index contributed by atoms with van der Waals surface area (Å²) in [6, 6.07) is 6.17. The van der Waals surface area contributed by atoms with Crippen LogP contribution in [-0.4, -0.2) is 35.2 Å². The van der Waals surface area contributed by atoms with Gasteiger partial charge in [0.25, 0.3) is 5.91 Å². The molecule has 1 amide bonds. The van der Waals surface area contributed by atoms with Crippen LogP contribution >= 0.6 is 23.7 Å². The summed E-state index contributed by atoms with van der Waals surface area (Å²) in [5, 5.41) is 2.79. The van der Waals surface area contributed by atoms with E-state index in [9.17, 15) is 4.79 Å². The predicted molar refractivity (Wildman–Crippen MR) is 111 cm³/mol. The molecule has 2 aliphatic rings. The molecule has 8 heteroatoms. The summed E-state index contributed by atoms with van der Waals surface area (Å²) in [7, 11) is 0. The maximum Gasteiger partial charge on any atom is 0.273 e. The molecule has 0 unspecified atom stereocenters. The van der Waals surface area contributed by atoms with Crippen LogP contribution in [0.3, 0.4) is 0 Å². The zero-order valence-corrected chi connectivity index (χ0v) is 17.4. The number of rotatable bonds is 6. The molecule has 2 N–H and O–H groups in total. The van der Waals surface area contributed by atoms with Crippen LogP contribution in [0, 0.1) is 0 Å². The summed E-state index contributed by atoms with van der Waals surface area (Å²) in [4.78, 5) is 19.8. The molecule has 0 spiro atoms. The summed E-state index contributed by atoms with van der Waals surface area (Å²) in [5.74, 6) is 1.53. The van der Waals surface area contributed by atoms with Crippen molar-refractivity contribution < 1.29 is 14.3 Å². The van der Waals surface area contributed by atoms with Gasteiger partial charge in [0.2, 0.25) is 6.79 Å². The minimum absolute atomic E-state index is 0. The molecule has 1 aromatic heterocycles. The molecular formula is C20H26ClN3O3S. The summed E-state index contributed by atoms with van der Waals surface area (Å²) < 4.78 is 10.9. The van der Waals surface area contributed by atoms with Crippen molar-refractivity contribution in [1.82, 2.24) is 9.88 Å². The van der Waals surface area contributed by atoms with E-state index in [1.54, 1.807) is 0 Å². The standard InChI is InChI=1S/C20H25N3O3S.ClH/c21-9-8-19-22-16(12-27-19)20(24)23(15-4-2-1-3-5-15)11-14-6-7-17-18(10-14)26-13-25-17;/h6-7,10,12,15H,1-5,8-9,11,13,21H2;1H. The number of halogens is 1. The summed E-state index contributed by atoms with van der Waals surface area (Å²) in [6.45, 7) is 1.36. The lowest BCUT2D eigenvalue weighted by Gasteiger charge is -2.34. The van der Waals surface area contributed by atoms with Crippen molar-refractivity contribution in [1.29, 1.82) is 0 Å². The average Bonchev–Trinajstić information content (AvgIpc) is 3.35. The van der Waals surface area contributed by atoms with E-state index in [0.717, 1.165) is 34.9 Å². The number of fused-ring (bicyclic) bond motifs is 1. The highest BCUT2D eigenvalue weighted by molar-refractivity contribution is 7.09. The highest BCUT2D eigenvalue weighted by atomic mass is 35.5. The lowest BCUT2D eigenvalue weighted by Crippen LogP contribution is -2.41. The second-order valence-corrected chi connectivity index (χ2v) is 8.02. The monoisotopic (exact) mass is 423 g/mol. The number of hydrogen-bond acceptors (Lipinski definition) is 6. The van der Waals surface area contributed by atoms with Gasteiger partial charge in [-0.1, -0.05) is 25.3 Å². The van der Waals surface area contributed by atoms with Gasteiger partial charge in [0.05, 0.1) is 5.01 Å². The zero-order valence-electron chi connectivity index (χ0n) is 15.8. The minimum atomic E-state index is 0. The Morgan fingerprint density at radius 3 is 2.79 bits per heavy atom. The third-order valence-electron chi connectivity index (χ3n) is 5.20. The van der Waals surface area contributed by atoms with Crippen molar-refractivity contribution in [3.8, 4) is 11.5 Å². The van der Waals surface area contributed by atoms with Crippen LogP contribution in [0.15, 0.2) is 23.6 Å². The number of aromatic nitrogens is 1. The maximum atomic E-state index is 13.3. The second-order valence-electron chi connectivity index (χ2n) is 7.08. The number of nitrogens with zero attached hydrogens (tertiary/aromatic N) is 2. The number of amides is 1. The molecule has 0 bridgehead atoms. The molecule has 1 aliphatic carbocycles. The number of ether oxygens (including phenoxy) is 2. The lowest BCUT2D eigenvalue weighted by atomic mass is 9.93. The van der Waals surface area contributed by atoms with Crippen molar-refractivity contribution in [3.63, 3.8) is 0 Å². The van der Waals surface area contributed by atoms with E-state index in [1.807, 2.05) is 28.5 Å². The largest absolute Gasteiger partial charge is 0.454 e. The molecule has 1 aromatic carbocycles. The van der Waals surface area contributed by atoms with Crippen molar-refractivity contribution in [2.75, 3.05) is 13.3 Å². The van der Waals surface area contributed by atoms with E-state index in [4.69, 9.17) is 15.2 Å². The average molecular weight is 424 g/mol. The Bertz CT molecular complexity index is 808. The van der Waals surface area contributed by atoms with Gasteiger partial charge >= 0.3 is 0 Å². The molecule has 0 atom stereocenters. The summed E-state index contributed by atoms with van der Waals surface area (Å²) in [6.07, 6.45) is 6.41. The van der Waals surface area contributed by atoms with Crippen LogP contribution in [0.4, 0.5) is 0 Å². The van der Waals surface area contributed by atoms with Gasteiger partial charge in [-0.15, -0.1) is 23.7 Å². The van der Waals surface area contributed by atoms with Gasteiger partial charge in [-0.05, 0) is 37.1 Å². The Morgan fingerprint density at radius 1 is 1.21 bits per heavy atom. The van der Waals surface area contributed by atoms with Crippen LogP contribution in [0.25, 0.3) is 0 Å².